The maximum Gasteiger partial charge on any atom is 0.257 e. The van der Waals surface area contributed by atoms with Crippen LogP contribution in [0.3, 0.4) is 0 Å². The van der Waals surface area contributed by atoms with Gasteiger partial charge in [0.15, 0.2) is 6.61 Å². The standard InChI is InChI=1S/C19H21FN2O2/c20-15-7-5-14(6-8-15)9-11-22-19(23)13-24-18-10-12-21-17-4-2-1-3-16(17)18/h5-8,10,12H,1-4,9,11,13H2,(H,22,23). The van der Waals surface area contributed by atoms with Gasteiger partial charge in [0.25, 0.3) is 5.91 Å². The van der Waals surface area contributed by atoms with Crippen molar-refractivity contribution in [3.05, 3.63) is 59.2 Å². The average molecular weight is 328 g/mol. The molecule has 3 rings (SSSR count). The Morgan fingerprint density at radius 2 is 1.96 bits per heavy atom. The van der Waals surface area contributed by atoms with Gasteiger partial charge in [-0.3, -0.25) is 9.78 Å². The van der Waals surface area contributed by atoms with Crippen molar-refractivity contribution in [2.24, 2.45) is 0 Å². The molecule has 1 aliphatic carbocycles. The molecule has 0 unspecified atom stereocenters. The zero-order valence-electron chi connectivity index (χ0n) is 13.6. The van der Waals surface area contributed by atoms with Crippen LogP contribution in [0.2, 0.25) is 0 Å². The molecule has 0 saturated heterocycles. The summed E-state index contributed by atoms with van der Waals surface area (Å²) in [5.74, 6) is 0.365. The number of hydrogen-bond donors (Lipinski definition) is 1. The van der Waals surface area contributed by atoms with Crippen LogP contribution >= 0.6 is 0 Å². The number of benzene rings is 1. The molecule has 1 aromatic heterocycles. The molecule has 0 aliphatic heterocycles. The SMILES string of the molecule is O=C(COc1ccnc2c1CCCC2)NCCc1ccc(F)cc1. The summed E-state index contributed by atoms with van der Waals surface area (Å²) >= 11 is 0. The fourth-order valence-corrected chi connectivity index (χ4v) is 2.92. The van der Waals surface area contributed by atoms with Crippen LogP contribution in [0.1, 0.15) is 29.7 Å². The Bertz CT molecular complexity index is 701. The van der Waals surface area contributed by atoms with Gasteiger partial charge in [-0.25, -0.2) is 4.39 Å². The van der Waals surface area contributed by atoms with E-state index < -0.39 is 0 Å². The lowest BCUT2D eigenvalue weighted by atomic mass is 9.95. The Morgan fingerprint density at radius 1 is 1.17 bits per heavy atom. The third kappa shape index (κ3) is 4.31. The normalized spacial score (nSPS) is 13.2. The Kier molecular flexibility index (Phi) is 5.41. The van der Waals surface area contributed by atoms with E-state index in [1.165, 1.54) is 12.1 Å². The number of aryl methyl sites for hydroxylation is 1. The maximum absolute atomic E-state index is 12.8. The number of carbonyl (C=O) groups excluding carboxylic acids is 1. The van der Waals surface area contributed by atoms with E-state index in [-0.39, 0.29) is 18.3 Å². The van der Waals surface area contributed by atoms with E-state index in [2.05, 4.69) is 10.3 Å². The Balaban J connectivity index is 1.45. The highest BCUT2D eigenvalue weighted by molar-refractivity contribution is 5.77. The van der Waals surface area contributed by atoms with E-state index in [1.807, 2.05) is 6.07 Å². The van der Waals surface area contributed by atoms with E-state index in [4.69, 9.17) is 4.74 Å². The van der Waals surface area contributed by atoms with Crippen molar-refractivity contribution < 1.29 is 13.9 Å². The van der Waals surface area contributed by atoms with E-state index in [9.17, 15) is 9.18 Å². The Labute approximate surface area is 141 Å². The predicted octanol–water partition coefficient (Wildman–Crippen LogP) is 2.84. The molecule has 126 valence electrons. The summed E-state index contributed by atoms with van der Waals surface area (Å²) in [6.45, 7) is 0.502. The Morgan fingerprint density at radius 3 is 2.79 bits per heavy atom. The summed E-state index contributed by atoms with van der Waals surface area (Å²) in [6, 6.07) is 8.12. The fourth-order valence-electron chi connectivity index (χ4n) is 2.92. The van der Waals surface area contributed by atoms with Gasteiger partial charge in [-0.15, -0.1) is 0 Å². The molecule has 0 atom stereocenters. The van der Waals surface area contributed by atoms with Gasteiger partial charge in [0.2, 0.25) is 0 Å². The van der Waals surface area contributed by atoms with E-state index in [0.29, 0.717) is 13.0 Å². The van der Waals surface area contributed by atoms with Crippen molar-refractivity contribution >= 4 is 5.91 Å². The lowest BCUT2D eigenvalue weighted by molar-refractivity contribution is -0.123. The number of ether oxygens (including phenoxy) is 1. The topological polar surface area (TPSA) is 51.2 Å². The van der Waals surface area contributed by atoms with Crippen LogP contribution in [0.5, 0.6) is 5.75 Å². The highest BCUT2D eigenvalue weighted by Gasteiger charge is 2.15. The quantitative estimate of drug-likeness (QED) is 0.887. The molecule has 0 spiro atoms. The second kappa shape index (κ2) is 7.90. The average Bonchev–Trinajstić information content (AvgIpc) is 2.61. The number of fused-ring (bicyclic) bond motifs is 1. The third-order valence-corrected chi connectivity index (χ3v) is 4.20. The van der Waals surface area contributed by atoms with E-state index >= 15 is 0 Å². The first-order valence-corrected chi connectivity index (χ1v) is 8.33. The van der Waals surface area contributed by atoms with Gasteiger partial charge >= 0.3 is 0 Å². The molecular formula is C19H21FN2O2. The van der Waals surface area contributed by atoms with Gasteiger partial charge in [-0.2, -0.15) is 0 Å². The molecule has 5 heteroatoms. The smallest absolute Gasteiger partial charge is 0.257 e. The number of halogens is 1. The summed E-state index contributed by atoms with van der Waals surface area (Å²) < 4.78 is 18.5. The molecule has 0 radical (unpaired) electrons. The molecule has 0 fully saturated rings. The molecule has 0 bridgehead atoms. The highest BCUT2D eigenvalue weighted by atomic mass is 19.1. The third-order valence-electron chi connectivity index (χ3n) is 4.20. The molecule has 2 aromatic rings. The highest BCUT2D eigenvalue weighted by Crippen LogP contribution is 2.27. The zero-order chi connectivity index (χ0) is 16.8. The number of carbonyl (C=O) groups is 1. The van der Waals surface area contributed by atoms with Gasteiger partial charge in [0.1, 0.15) is 11.6 Å². The lowest BCUT2D eigenvalue weighted by Gasteiger charge is -2.18. The molecule has 24 heavy (non-hydrogen) atoms. The van der Waals surface area contributed by atoms with E-state index in [0.717, 1.165) is 48.3 Å². The Hall–Kier alpha value is -2.43. The van der Waals surface area contributed by atoms with Gasteiger partial charge in [0, 0.05) is 24.0 Å². The zero-order valence-corrected chi connectivity index (χ0v) is 13.6. The molecule has 0 saturated carbocycles. The number of hydrogen-bond acceptors (Lipinski definition) is 3. The van der Waals surface area contributed by atoms with Crippen LogP contribution < -0.4 is 10.1 Å². The molecule has 4 nitrogen and oxygen atoms in total. The minimum atomic E-state index is -0.253. The van der Waals surface area contributed by atoms with Gasteiger partial charge in [0.05, 0.1) is 0 Å². The van der Waals surface area contributed by atoms with Crippen LogP contribution in [-0.2, 0) is 24.1 Å². The number of pyridine rings is 1. The summed E-state index contributed by atoms with van der Waals surface area (Å²) in [7, 11) is 0. The van der Waals surface area contributed by atoms with Crippen LogP contribution in [0.15, 0.2) is 36.5 Å². The number of nitrogens with zero attached hydrogens (tertiary/aromatic N) is 1. The first-order chi connectivity index (χ1) is 11.7. The lowest BCUT2D eigenvalue weighted by Crippen LogP contribution is -2.30. The minimum absolute atomic E-state index is 0.000128. The molecule has 1 N–H and O–H groups in total. The summed E-state index contributed by atoms with van der Waals surface area (Å²) in [6.07, 6.45) is 6.65. The summed E-state index contributed by atoms with van der Waals surface area (Å²) in [5, 5.41) is 2.82. The molecule has 1 aromatic carbocycles. The monoisotopic (exact) mass is 328 g/mol. The molecule has 1 amide bonds. The predicted molar refractivity (Wildman–Crippen MR) is 89.5 cm³/mol. The number of amides is 1. The number of nitrogens with one attached hydrogen (secondary N) is 1. The van der Waals surface area contributed by atoms with E-state index in [1.54, 1.807) is 18.3 Å². The van der Waals surface area contributed by atoms with Gasteiger partial charge in [-0.1, -0.05) is 12.1 Å². The van der Waals surface area contributed by atoms with Crippen molar-refractivity contribution in [2.75, 3.05) is 13.2 Å². The fraction of sp³-hybridized carbons (Fsp3) is 0.368. The van der Waals surface area contributed by atoms with Crippen molar-refractivity contribution in [1.29, 1.82) is 0 Å². The van der Waals surface area contributed by atoms with Gasteiger partial charge < -0.3 is 10.1 Å². The first kappa shape index (κ1) is 16.4. The van der Waals surface area contributed by atoms with Crippen molar-refractivity contribution in [1.82, 2.24) is 10.3 Å². The van der Waals surface area contributed by atoms with Crippen LogP contribution in [0.25, 0.3) is 0 Å². The molecule has 1 heterocycles. The number of rotatable bonds is 6. The van der Waals surface area contributed by atoms with Gasteiger partial charge in [-0.05, 0) is 55.9 Å². The van der Waals surface area contributed by atoms with Crippen molar-refractivity contribution in [3.63, 3.8) is 0 Å². The minimum Gasteiger partial charge on any atom is -0.483 e. The van der Waals surface area contributed by atoms with Crippen LogP contribution in [0.4, 0.5) is 4.39 Å². The number of aromatic nitrogens is 1. The summed E-state index contributed by atoms with van der Waals surface area (Å²) in [4.78, 5) is 16.3. The maximum atomic E-state index is 12.8. The summed E-state index contributed by atoms with van der Waals surface area (Å²) in [5.41, 5.74) is 3.22. The molecular weight excluding hydrogens is 307 g/mol. The van der Waals surface area contributed by atoms with Crippen molar-refractivity contribution in [3.8, 4) is 5.75 Å². The van der Waals surface area contributed by atoms with Crippen LogP contribution in [0, 0.1) is 5.82 Å². The second-order valence-corrected chi connectivity index (χ2v) is 5.96. The van der Waals surface area contributed by atoms with Crippen LogP contribution in [-0.4, -0.2) is 24.0 Å². The first-order valence-electron chi connectivity index (χ1n) is 8.33. The van der Waals surface area contributed by atoms with Crippen molar-refractivity contribution in [2.45, 2.75) is 32.1 Å². The largest absolute Gasteiger partial charge is 0.483 e. The molecule has 1 aliphatic rings. The second-order valence-electron chi connectivity index (χ2n) is 5.96.